The summed E-state index contributed by atoms with van der Waals surface area (Å²) in [5, 5.41) is 7.08. The summed E-state index contributed by atoms with van der Waals surface area (Å²) in [6, 6.07) is 10.9. The number of likely N-dealkylation sites (tertiary alicyclic amines) is 1. The molecular weight excluding hydrogens is 314 g/mol. The molecule has 0 radical (unpaired) electrons. The van der Waals surface area contributed by atoms with Gasteiger partial charge in [0.2, 0.25) is 5.91 Å². The molecule has 25 heavy (non-hydrogen) atoms. The summed E-state index contributed by atoms with van der Waals surface area (Å²) in [6.45, 7) is 6.91. The summed E-state index contributed by atoms with van der Waals surface area (Å²) in [7, 11) is 0. The molecular formula is C20H27N3O2. The molecule has 1 aliphatic rings. The van der Waals surface area contributed by atoms with E-state index < -0.39 is 0 Å². The molecule has 1 amide bonds. The van der Waals surface area contributed by atoms with Gasteiger partial charge in [0.25, 0.3) is 0 Å². The molecule has 0 aliphatic carbocycles. The molecule has 1 fully saturated rings. The molecule has 134 valence electrons. The van der Waals surface area contributed by atoms with Crippen molar-refractivity contribution >= 4 is 5.91 Å². The first-order valence-corrected chi connectivity index (χ1v) is 9.09. The Morgan fingerprint density at radius 1 is 1.24 bits per heavy atom. The van der Waals surface area contributed by atoms with Crippen molar-refractivity contribution < 1.29 is 9.32 Å². The second kappa shape index (κ2) is 8.30. The zero-order valence-corrected chi connectivity index (χ0v) is 15.1. The lowest BCUT2D eigenvalue weighted by Gasteiger charge is -2.32. The van der Waals surface area contributed by atoms with Crippen LogP contribution in [-0.2, 0) is 17.6 Å². The minimum absolute atomic E-state index is 0.0668. The molecule has 1 saturated heterocycles. The zero-order valence-electron chi connectivity index (χ0n) is 15.1. The Morgan fingerprint density at radius 2 is 1.96 bits per heavy atom. The monoisotopic (exact) mass is 341 g/mol. The molecule has 0 spiro atoms. The number of carbonyl (C=O) groups excluding carboxylic acids is 1. The van der Waals surface area contributed by atoms with E-state index in [1.54, 1.807) is 0 Å². The Hall–Kier alpha value is -2.14. The van der Waals surface area contributed by atoms with Gasteiger partial charge in [0.15, 0.2) is 0 Å². The lowest BCUT2D eigenvalue weighted by Crippen LogP contribution is -2.45. The molecule has 0 saturated carbocycles. The van der Waals surface area contributed by atoms with Crippen molar-refractivity contribution in [3.8, 4) is 0 Å². The maximum Gasteiger partial charge on any atom is 0.224 e. The number of rotatable bonds is 6. The number of amides is 1. The van der Waals surface area contributed by atoms with Crippen LogP contribution >= 0.6 is 0 Å². The van der Waals surface area contributed by atoms with Crippen molar-refractivity contribution in [3.05, 3.63) is 52.9 Å². The molecule has 5 heteroatoms. The highest BCUT2D eigenvalue weighted by Crippen LogP contribution is 2.15. The van der Waals surface area contributed by atoms with E-state index in [-0.39, 0.29) is 11.9 Å². The van der Waals surface area contributed by atoms with Gasteiger partial charge >= 0.3 is 0 Å². The Bertz CT molecular complexity index is 669. The Kier molecular flexibility index (Phi) is 5.87. The fourth-order valence-electron chi connectivity index (χ4n) is 3.43. The highest BCUT2D eigenvalue weighted by atomic mass is 16.5. The number of aromatic nitrogens is 1. The number of nitrogens with one attached hydrogen (secondary N) is 1. The van der Waals surface area contributed by atoms with E-state index in [1.807, 2.05) is 13.8 Å². The predicted molar refractivity (Wildman–Crippen MR) is 97.4 cm³/mol. The van der Waals surface area contributed by atoms with Crippen LogP contribution in [0.25, 0.3) is 0 Å². The second-order valence-corrected chi connectivity index (χ2v) is 6.90. The Labute approximate surface area is 149 Å². The molecule has 1 aromatic carbocycles. The molecule has 3 rings (SSSR count). The van der Waals surface area contributed by atoms with E-state index in [4.69, 9.17) is 4.52 Å². The van der Waals surface area contributed by atoms with Crippen molar-refractivity contribution in [2.75, 3.05) is 19.6 Å². The number of hydrogen-bond acceptors (Lipinski definition) is 4. The van der Waals surface area contributed by atoms with Gasteiger partial charge in [-0.25, -0.2) is 0 Å². The largest absolute Gasteiger partial charge is 0.361 e. The minimum Gasteiger partial charge on any atom is -0.361 e. The van der Waals surface area contributed by atoms with E-state index in [1.165, 1.54) is 5.56 Å². The van der Waals surface area contributed by atoms with Gasteiger partial charge in [-0.1, -0.05) is 35.5 Å². The van der Waals surface area contributed by atoms with Crippen LogP contribution in [0, 0.1) is 13.8 Å². The van der Waals surface area contributed by atoms with Gasteiger partial charge in [-0.05, 0) is 38.7 Å². The van der Waals surface area contributed by atoms with Crippen molar-refractivity contribution in [3.63, 3.8) is 0 Å². The van der Waals surface area contributed by atoms with Gasteiger partial charge in [0, 0.05) is 31.2 Å². The summed E-state index contributed by atoms with van der Waals surface area (Å²) in [5.41, 5.74) is 3.11. The van der Waals surface area contributed by atoms with Crippen LogP contribution in [0.4, 0.5) is 0 Å². The lowest BCUT2D eigenvalue weighted by atomic mass is 10.0. The quantitative estimate of drug-likeness (QED) is 0.877. The number of piperidine rings is 1. The summed E-state index contributed by atoms with van der Waals surface area (Å²) in [4.78, 5) is 14.8. The smallest absolute Gasteiger partial charge is 0.224 e. The molecule has 0 bridgehead atoms. The lowest BCUT2D eigenvalue weighted by molar-refractivity contribution is -0.121. The number of carbonyl (C=O) groups is 1. The van der Waals surface area contributed by atoms with Crippen LogP contribution in [-0.4, -0.2) is 41.6 Å². The van der Waals surface area contributed by atoms with Gasteiger partial charge in [-0.3, -0.25) is 4.79 Å². The second-order valence-electron chi connectivity index (χ2n) is 6.90. The van der Waals surface area contributed by atoms with Crippen molar-refractivity contribution in [2.24, 2.45) is 0 Å². The molecule has 1 aromatic heterocycles. The summed E-state index contributed by atoms with van der Waals surface area (Å²) in [5.74, 6) is 0.806. The third-order valence-electron chi connectivity index (χ3n) is 5.03. The minimum atomic E-state index is 0.0668. The van der Waals surface area contributed by atoms with Gasteiger partial charge in [-0.15, -0.1) is 0 Å². The van der Waals surface area contributed by atoms with Crippen LogP contribution in [0.2, 0.25) is 0 Å². The molecule has 1 aliphatic heterocycles. The van der Waals surface area contributed by atoms with Gasteiger partial charge in [-0.2, -0.15) is 0 Å². The maximum atomic E-state index is 12.3. The number of nitrogens with zero attached hydrogens (tertiary/aromatic N) is 2. The Morgan fingerprint density at radius 3 is 2.60 bits per heavy atom. The van der Waals surface area contributed by atoms with E-state index in [0.29, 0.717) is 6.42 Å². The third-order valence-corrected chi connectivity index (χ3v) is 5.03. The van der Waals surface area contributed by atoms with E-state index in [9.17, 15) is 4.79 Å². The topological polar surface area (TPSA) is 58.4 Å². The van der Waals surface area contributed by atoms with Crippen LogP contribution in [0.3, 0.4) is 0 Å². The molecule has 0 unspecified atom stereocenters. The molecule has 0 atom stereocenters. The average Bonchev–Trinajstić information content (AvgIpc) is 2.94. The normalized spacial score (nSPS) is 16.1. The van der Waals surface area contributed by atoms with Crippen molar-refractivity contribution in [2.45, 2.75) is 45.6 Å². The van der Waals surface area contributed by atoms with E-state index in [0.717, 1.165) is 55.9 Å². The zero-order chi connectivity index (χ0) is 17.6. The van der Waals surface area contributed by atoms with Crippen molar-refractivity contribution in [1.82, 2.24) is 15.4 Å². The van der Waals surface area contributed by atoms with Crippen molar-refractivity contribution in [1.29, 1.82) is 0 Å². The maximum absolute atomic E-state index is 12.3. The fraction of sp³-hybridized carbons (Fsp3) is 0.500. The first kappa shape index (κ1) is 17.7. The van der Waals surface area contributed by atoms with Crippen LogP contribution < -0.4 is 5.32 Å². The highest BCUT2D eigenvalue weighted by molar-refractivity contribution is 5.79. The average molecular weight is 341 g/mol. The van der Waals surface area contributed by atoms with Crippen LogP contribution in [0.1, 0.15) is 35.4 Å². The number of hydrogen-bond donors (Lipinski definition) is 1. The first-order chi connectivity index (χ1) is 12.1. The number of aryl methyl sites for hydroxylation is 2. The van der Waals surface area contributed by atoms with Crippen LogP contribution in [0.15, 0.2) is 34.9 Å². The summed E-state index contributed by atoms with van der Waals surface area (Å²) < 4.78 is 5.13. The summed E-state index contributed by atoms with van der Waals surface area (Å²) in [6.07, 6.45) is 3.48. The molecule has 1 N–H and O–H groups in total. The van der Waals surface area contributed by atoms with Gasteiger partial charge in [0.05, 0.1) is 12.1 Å². The molecule has 2 aromatic rings. The van der Waals surface area contributed by atoms with Gasteiger partial charge < -0.3 is 14.7 Å². The molecule has 5 nitrogen and oxygen atoms in total. The van der Waals surface area contributed by atoms with Crippen LogP contribution in [0.5, 0.6) is 0 Å². The number of benzene rings is 1. The summed E-state index contributed by atoms with van der Waals surface area (Å²) >= 11 is 0. The first-order valence-electron chi connectivity index (χ1n) is 9.09. The Balaban J connectivity index is 1.39. The van der Waals surface area contributed by atoms with E-state index >= 15 is 0 Å². The molecule has 2 heterocycles. The third kappa shape index (κ3) is 4.92. The predicted octanol–water partition coefficient (Wildman–Crippen LogP) is 2.66. The van der Waals surface area contributed by atoms with E-state index in [2.05, 4.69) is 45.7 Å². The SMILES string of the molecule is Cc1noc(C)c1CC(=O)NC1CCN(CCc2ccccc2)CC1. The fourth-order valence-corrected chi connectivity index (χ4v) is 3.43. The van der Waals surface area contributed by atoms with Gasteiger partial charge in [0.1, 0.15) is 5.76 Å². The standard InChI is InChI=1S/C20H27N3O2/c1-15-19(16(2)25-22-15)14-20(24)21-18-9-12-23(13-10-18)11-8-17-6-4-3-5-7-17/h3-7,18H,8-14H2,1-2H3,(H,21,24). The highest BCUT2D eigenvalue weighted by Gasteiger charge is 2.21.